The lowest BCUT2D eigenvalue weighted by atomic mass is 9.82. The molecule has 1 aliphatic heterocycles. The summed E-state index contributed by atoms with van der Waals surface area (Å²) in [7, 11) is -1.18. The van der Waals surface area contributed by atoms with Crippen LogP contribution >= 0.6 is 0 Å². The van der Waals surface area contributed by atoms with Gasteiger partial charge in [0.05, 0.1) is 0 Å². The first-order valence-corrected chi connectivity index (χ1v) is 11.0. The number of benzene rings is 1. The summed E-state index contributed by atoms with van der Waals surface area (Å²) in [6, 6.07) is 9.38. The molecule has 1 aromatic carbocycles. The van der Waals surface area contributed by atoms with E-state index in [1.165, 1.54) is 49.8 Å². The summed E-state index contributed by atoms with van der Waals surface area (Å²) in [5.41, 5.74) is 9.58. The standard InChI is InChI=1S/C21H35BN2O2.CO2.CH4/c23-20(12-6-7-13-22(25)26)21-14-18-10-4-5-11-19(18)16-24(21)15-17-8-2-1-3-9-17;2-1-3;/h4-5,10-11,17,20-21,25-26H,1-3,6-9,12-16,23H2;;1H4. The van der Waals surface area contributed by atoms with E-state index < -0.39 is 7.12 Å². The van der Waals surface area contributed by atoms with Gasteiger partial charge < -0.3 is 15.8 Å². The first kappa shape index (κ1) is 26.5. The maximum Gasteiger partial charge on any atom is 0.451 e. The number of fused-ring (bicyclic) bond motifs is 1. The zero-order chi connectivity index (χ0) is 21.1. The van der Waals surface area contributed by atoms with Crippen LogP contribution in [0.15, 0.2) is 24.3 Å². The molecule has 0 aromatic heterocycles. The van der Waals surface area contributed by atoms with Crippen LogP contribution in [0.4, 0.5) is 0 Å². The molecule has 2 atom stereocenters. The summed E-state index contributed by atoms with van der Waals surface area (Å²) >= 11 is 0. The van der Waals surface area contributed by atoms with Gasteiger partial charge in [-0.05, 0) is 49.0 Å². The van der Waals surface area contributed by atoms with Gasteiger partial charge >= 0.3 is 13.3 Å². The molecule has 30 heavy (non-hydrogen) atoms. The minimum Gasteiger partial charge on any atom is -0.427 e. The van der Waals surface area contributed by atoms with Crippen LogP contribution in [-0.4, -0.2) is 46.8 Å². The fraction of sp³-hybridized carbons (Fsp3) is 0.696. The lowest BCUT2D eigenvalue weighted by Gasteiger charge is -2.42. The van der Waals surface area contributed by atoms with Gasteiger partial charge in [0, 0.05) is 25.2 Å². The van der Waals surface area contributed by atoms with Crippen molar-refractivity contribution in [3.05, 3.63) is 35.4 Å². The minimum atomic E-state index is -1.18. The molecule has 2 aliphatic rings. The number of nitrogens with two attached hydrogens (primary N) is 1. The van der Waals surface area contributed by atoms with Gasteiger partial charge in [-0.1, -0.05) is 63.8 Å². The van der Waals surface area contributed by atoms with Crippen molar-refractivity contribution in [2.24, 2.45) is 11.7 Å². The van der Waals surface area contributed by atoms with E-state index in [2.05, 4.69) is 29.2 Å². The number of rotatable bonds is 8. The second kappa shape index (κ2) is 14.5. The van der Waals surface area contributed by atoms with E-state index in [4.69, 9.17) is 25.4 Å². The van der Waals surface area contributed by atoms with Crippen molar-refractivity contribution in [3.63, 3.8) is 0 Å². The molecule has 0 bridgehead atoms. The third-order valence-electron chi connectivity index (χ3n) is 6.35. The highest BCUT2D eigenvalue weighted by molar-refractivity contribution is 6.40. The second-order valence-electron chi connectivity index (χ2n) is 8.49. The predicted molar refractivity (Wildman–Crippen MR) is 119 cm³/mol. The van der Waals surface area contributed by atoms with E-state index in [0.717, 1.165) is 38.1 Å². The number of hydrogen-bond donors (Lipinski definition) is 3. The third kappa shape index (κ3) is 8.70. The smallest absolute Gasteiger partial charge is 0.427 e. The maximum absolute atomic E-state index is 9.02. The molecule has 3 rings (SSSR count). The normalized spacial score (nSPS) is 20.0. The van der Waals surface area contributed by atoms with Gasteiger partial charge in [-0.2, -0.15) is 9.59 Å². The molecule has 2 unspecified atom stereocenters. The first-order valence-electron chi connectivity index (χ1n) is 11.0. The molecule has 0 amide bonds. The Morgan fingerprint density at radius 1 is 1.10 bits per heavy atom. The molecule has 1 saturated carbocycles. The van der Waals surface area contributed by atoms with Crippen molar-refractivity contribution in [1.29, 1.82) is 0 Å². The van der Waals surface area contributed by atoms with E-state index in [-0.39, 0.29) is 19.6 Å². The van der Waals surface area contributed by atoms with Gasteiger partial charge in [0.1, 0.15) is 0 Å². The molecule has 1 heterocycles. The lowest BCUT2D eigenvalue weighted by Crippen LogP contribution is -2.52. The van der Waals surface area contributed by atoms with E-state index in [1.807, 2.05) is 0 Å². The molecule has 4 N–H and O–H groups in total. The largest absolute Gasteiger partial charge is 0.451 e. The van der Waals surface area contributed by atoms with Crippen LogP contribution in [-0.2, 0) is 22.6 Å². The summed E-state index contributed by atoms with van der Waals surface area (Å²) < 4.78 is 0. The van der Waals surface area contributed by atoms with Gasteiger partial charge in [0.2, 0.25) is 0 Å². The molecular formula is C23H39BN2O4. The summed E-state index contributed by atoms with van der Waals surface area (Å²) in [4.78, 5) is 18.9. The highest BCUT2D eigenvalue weighted by Gasteiger charge is 2.32. The van der Waals surface area contributed by atoms with E-state index >= 15 is 0 Å². The fourth-order valence-corrected chi connectivity index (χ4v) is 4.82. The van der Waals surface area contributed by atoms with Crippen molar-refractivity contribution in [2.75, 3.05) is 6.54 Å². The zero-order valence-electron chi connectivity index (χ0n) is 17.3. The molecule has 0 saturated heterocycles. The highest BCUT2D eigenvalue weighted by Crippen LogP contribution is 2.30. The molecule has 1 aromatic rings. The topological polar surface area (TPSA) is 104 Å². The molecule has 1 fully saturated rings. The predicted octanol–water partition coefficient (Wildman–Crippen LogP) is 3.02. The van der Waals surface area contributed by atoms with Gasteiger partial charge in [0.25, 0.3) is 0 Å². The van der Waals surface area contributed by atoms with E-state index in [1.54, 1.807) is 0 Å². The number of hydrogen-bond acceptors (Lipinski definition) is 6. The van der Waals surface area contributed by atoms with Crippen molar-refractivity contribution in [2.45, 2.75) is 90.2 Å². The van der Waals surface area contributed by atoms with Crippen LogP contribution in [0.2, 0.25) is 6.32 Å². The minimum absolute atomic E-state index is 0. The van der Waals surface area contributed by atoms with Gasteiger partial charge in [-0.25, -0.2) is 0 Å². The fourth-order valence-electron chi connectivity index (χ4n) is 4.82. The Morgan fingerprint density at radius 3 is 2.37 bits per heavy atom. The summed E-state index contributed by atoms with van der Waals surface area (Å²) in [5.74, 6) is 0.827. The Morgan fingerprint density at radius 2 is 1.73 bits per heavy atom. The Labute approximate surface area is 182 Å². The molecule has 6 nitrogen and oxygen atoms in total. The molecule has 168 valence electrons. The monoisotopic (exact) mass is 418 g/mol. The van der Waals surface area contributed by atoms with Crippen LogP contribution in [0, 0.1) is 5.92 Å². The molecule has 1 aliphatic carbocycles. The van der Waals surface area contributed by atoms with E-state index in [9.17, 15) is 0 Å². The Kier molecular flexibility index (Phi) is 12.8. The van der Waals surface area contributed by atoms with Gasteiger partial charge in [0.15, 0.2) is 0 Å². The molecular weight excluding hydrogens is 379 g/mol. The lowest BCUT2D eigenvalue weighted by molar-refractivity contribution is -0.191. The van der Waals surface area contributed by atoms with Crippen LogP contribution in [0.25, 0.3) is 0 Å². The first-order chi connectivity index (χ1) is 14.0. The molecule has 0 spiro atoms. The number of carbonyl (C=O) groups excluding carboxylic acids is 2. The molecule has 0 radical (unpaired) electrons. The Hall–Kier alpha value is -1.50. The summed E-state index contributed by atoms with van der Waals surface area (Å²) in [6.45, 7) is 2.21. The Bertz CT molecular complexity index is 631. The van der Waals surface area contributed by atoms with Crippen molar-refractivity contribution in [3.8, 4) is 0 Å². The highest BCUT2D eigenvalue weighted by atomic mass is 16.4. The quantitative estimate of drug-likeness (QED) is 0.443. The average molecular weight is 418 g/mol. The van der Waals surface area contributed by atoms with Crippen molar-refractivity contribution >= 4 is 13.3 Å². The van der Waals surface area contributed by atoms with Crippen LogP contribution in [0.1, 0.15) is 69.9 Å². The zero-order valence-corrected chi connectivity index (χ0v) is 17.3. The van der Waals surface area contributed by atoms with Crippen LogP contribution in [0.5, 0.6) is 0 Å². The molecule has 7 heteroatoms. The number of unbranched alkanes of at least 4 members (excludes halogenated alkanes) is 1. The van der Waals surface area contributed by atoms with Crippen molar-refractivity contribution < 1.29 is 19.6 Å². The van der Waals surface area contributed by atoms with Gasteiger partial charge in [-0.15, -0.1) is 0 Å². The van der Waals surface area contributed by atoms with Crippen LogP contribution < -0.4 is 5.73 Å². The van der Waals surface area contributed by atoms with Crippen LogP contribution in [0.3, 0.4) is 0 Å². The average Bonchev–Trinajstić information content (AvgIpc) is 2.72. The Balaban J connectivity index is 0.00000106. The van der Waals surface area contributed by atoms with Crippen molar-refractivity contribution in [1.82, 2.24) is 4.90 Å². The third-order valence-corrected chi connectivity index (χ3v) is 6.35. The summed E-state index contributed by atoms with van der Waals surface area (Å²) in [5, 5.41) is 18.0. The number of nitrogens with zero attached hydrogens (tertiary/aromatic N) is 1. The van der Waals surface area contributed by atoms with E-state index in [0.29, 0.717) is 12.4 Å². The maximum atomic E-state index is 9.02. The second-order valence-corrected chi connectivity index (χ2v) is 8.49. The summed E-state index contributed by atoms with van der Waals surface area (Å²) in [6.07, 6.45) is 11.4. The SMILES string of the molecule is C.NC(CCCCB(O)O)C1Cc2ccccc2CN1CC1CCCCC1.O=C=O. The van der Waals surface area contributed by atoms with Gasteiger partial charge in [-0.3, -0.25) is 4.90 Å².